The van der Waals surface area contributed by atoms with Crippen molar-refractivity contribution in [2.75, 3.05) is 26.4 Å². The number of imide groups is 1. The first-order valence-corrected chi connectivity index (χ1v) is 14.2. The third-order valence-corrected chi connectivity index (χ3v) is 6.43. The van der Waals surface area contributed by atoms with E-state index >= 15 is 0 Å². The normalized spacial score (nSPS) is 25.4. The fourth-order valence-corrected chi connectivity index (χ4v) is 4.84. The van der Waals surface area contributed by atoms with Gasteiger partial charge < -0.3 is 38.1 Å². The second-order valence-corrected chi connectivity index (χ2v) is 11.1. The standard InChI is InChI=1S/C28H42N2O14/c1-9-38-21(35)13-19-25(36)30(28(6,7)8)27(37)29(19)11-10-12-39-26-24(43-18(5)34)23(42-17(4)33)22(41-16(3)32)20(44-26)14-40-15(2)31/h19-20,22-24,26H,9-14H2,1-8H3/t19?,20-,22-,23+,24-,26-/m1/s1. The molecule has 0 saturated carbocycles. The second kappa shape index (κ2) is 15.8. The summed E-state index contributed by atoms with van der Waals surface area (Å²) in [5.74, 6) is -4.16. The number of esters is 5. The number of nitrogens with zero attached hydrogens (tertiary/aromatic N) is 2. The summed E-state index contributed by atoms with van der Waals surface area (Å²) < 4.78 is 37.9. The Labute approximate surface area is 255 Å². The topological polar surface area (TPSA) is 191 Å². The molecule has 3 amide bonds. The number of hydrogen-bond donors (Lipinski definition) is 0. The first-order chi connectivity index (χ1) is 20.5. The van der Waals surface area contributed by atoms with E-state index in [4.69, 9.17) is 33.2 Å². The van der Waals surface area contributed by atoms with E-state index < -0.39 is 90.7 Å². The molecule has 0 spiro atoms. The van der Waals surface area contributed by atoms with Crippen LogP contribution in [0.1, 0.15) is 68.2 Å². The minimum absolute atomic E-state index is 0.00744. The average molecular weight is 631 g/mol. The molecule has 0 aromatic heterocycles. The van der Waals surface area contributed by atoms with E-state index in [0.717, 1.165) is 32.6 Å². The molecule has 0 N–H and O–H groups in total. The van der Waals surface area contributed by atoms with Gasteiger partial charge in [-0.05, 0) is 34.1 Å². The van der Waals surface area contributed by atoms with Crippen LogP contribution in [0, 0.1) is 0 Å². The molecular weight excluding hydrogens is 588 g/mol. The third-order valence-electron chi connectivity index (χ3n) is 6.43. The highest BCUT2D eigenvalue weighted by atomic mass is 16.7. The van der Waals surface area contributed by atoms with Gasteiger partial charge >= 0.3 is 35.9 Å². The summed E-state index contributed by atoms with van der Waals surface area (Å²) in [5, 5.41) is 0. The zero-order valence-electron chi connectivity index (χ0n) is 26.3. The molecular formula is C28H42N2O14. The van der Waals surface area contributed by atoms with E-state index in [0.29, 0.717) is 0 Å². The number of carbonyl (C=O) groups excluding carboxylic acids is 7. The van der Waals surface area contributed by atoms with Crippen LogP contribution in [0.3, 0.4) is 0 Å². The van der Waals surface area contributed by atoms with Gasteiger partial charge in [0.1, 0.15) is 18.8 Å². The van der Waals surface area contributed by atoms with Gasteiger partial charge in [-0.2, -0.15) is 0 Å². The van der Waals surface area contributed by atoms with Crippen molar-refractivity contribution in [2.24, 2.45) is 0 Å². The van der Waals surface area contributed by atoms with Crippen molar-refractivity contribution < 1.29 is 66.7 Å². The number of hydrogen-bond acceptors (Lipinski definition) is 14. The summed E-state index contributed by atoms with van der Waals surface area (Å²) in [7, 11) is 0. The summed E-state index contributed by atoms with van der Waals surface area (Å²) in [6.45, 7) is 10.7. The Morgan fingerprint density at radius 2 is 1.39 bits per heavy atom. The molecule has 2 rings (SSSR count). The lowest BCUT2D eigenvalue weighted by Gasteiger charge is -2.44. The molecule has 2 saturated heterocycles. The maximum Gasteiger partial charge on any atom is 0.327 e. The molecule has 0 bridgehead atoms. The smallest absolute Gasteiger partial charge is 0.327 e. The number of amides is 3. The molecule has 2 aliphatic rings. The number of carbonyl (C=O) groups is 7. The molecule has 44 heavy (non-hydrogen) atoms. The van der Waals surface area contributed by atoms with Gasteiger partial charge in [0.25, 0.3) is 5.91 Å². The van der Waals surface area contributed by atoms with Crippen LogP contribution in [0.25, 0.3) is 0 Å². The molecule has 0 aliphatic carbocycles. The molecule has 2 fully saturated rings. The molecule has 2 aliphatic heterocycles. The quantitative estimate of drug-likeness (QED) is 0.120. The number of rotatable bonds is 13. The van der Waals surface area contributed by atoms with Crippen molar-refractivity contribution in [3.63, 3.8) is 0 Å². The maximum atomic E-state index is 13.2. The number of urea groups is 1. The zero-order valence-corrected chi connectivity index (χ0v) is 26.3. The van der Waals surface area contributed by atoms with Crippen molar-refractivity contribution in [3.05, 3.63) is 0 Å². The fourth-order valence-electron chi connectivity index (χ4n) is 4.84. The molecule has 248 valence electrons. The van der Waals surface area contributed by atoms with Crippen molar-refractivity contribution >= 4 is 41.8 Å². The van der Waals surface area contributed by atoms with Gasteiger partial charge in [0.15, 0.2) is 24.6 Å². The van der Waals surface area contributed by atoms with Crippen LogP contribution in [0.15, 0.2) is 0 Å². The highest BCUT2D eigenvalue weighted by Gasteiger charge is 2.53. The summed E-state index contributed by atoms with van der Waals surface area (Å²) in [6.07, 6.45) is -6.91. The monoisotopic (exact) mass is 630 g/mol. The number of ether oxygens (including phenoxy) is 7. The summed E-state index contributed by atoms with van der Waals surface area (Å²) >= 11 is 0. The molecule has 16 nitrogen and oxygen atoms in total. The Kier molecular flexibility index (Phi) is 13.1. The van der Waals surface area contributed by atoms with Crippen molar-refractivity contribution in [1.82, 2.24) is 9.80 Å². The minimum Gasteiger partial charge on any atom is -0.466 e. The third kappa shape index (κ3) is 9.87. The molecule has 1 unspecified atom stereocenters. The Morgan fingerprint density at radius 1 is 0.818 bits per heavy atom. The zero-order chi connectivity index (χ0) is 33.4. The predicted octanol–water partition coefficient (Wildman–Crippen LogP) is 0.861. The lowest BCUT2D eigenvalue weighted by atomic mass is 9.98. The highest BCUT2D eigenvalue weighted by Crippen LogP contribution is 2.31. The van der Waals surface area contributed by atoms with Crippen LogP contribution >= 0.6 is 0 Å². The van der Waals surface area contributed by atoms with E-state index in [1.54, 1.807) is 27.7 Å². The molecule has 0 aromatic carbocycles. The van der Waals surface area contributed by atoms with Gasteiger partial charge in [0.05, 0.1) is 19.6 Å². The maximum absolute atomic E-state index is 13.2. The summed E-state index contributed by atoms with van der Waals surface area (Å²) in [4.78, 5) is 88.4. The van der Waals surface area contributed by atoms with Crippen LogP contribution < -0.4 is 0 Å². The van der Waals surface area contributed by atoms with Gasteiger partial charge in [0, 0.05) is 39.8 Å². The lowest BCUT2D eigenvalue weighted by Crippen LogP contribution is -2.63. The van der Waals surface area contributed by atoms with E-state index in [9.17, 15) is 33.6 Å². The first-order valence-electron chi connectivity index (χ1n) is 14.2. The Bertz CT molecular complexity index is 1100. The van der Waals surface area contributed by atoms with E-state index in [1.807, 2.05) is 0 Å². The van der Waals surface area contributed by atoms with Gasteiger partial charge in [-0.3, -0.25) is 33.7 Å². The van der Waals surface area contributed by atoms with Gasteiger partial charge in [0.2, 0.25) is 0 Å². The summed E-state index contributed by atoms with van der Waals surface area (Å²) in [5.41, 5.74) is -0.847. The van der Waals surface area contributed by atoms with Gasteiger partial charge in [-0.15, -0.1) is 0 Å². The predicted molar refractivity (Wildman–Crippen MR) is 146 cm³/mol. The highest BCUT2D eigenvalue weighted by molar-refractivity contribution is 6.06. The van der Waals surface area contributed by atoms with E-state index in [2.05, 4.69) is 0 Å². The molecule has 0 radical (unpaired) electrons. The Morgan fingerprint density at radius 3 is 1.91 bits per heavy atom. The van der Waals surface area contributed by atoms with Crippen molar-refractivity contribution in [1.29, 1.82) is 0 Å². The van der Waals surface area contributed by atoms with Crippen LogP contribution in [-0.4, -0.2) is 120 Å². The Hall–Kier alpha value is -3.79. The Balaban J connectivity index is 2.27. The first kappa shape index (κ1) is 36.4. The van der Waals surface area contributed by atoms with Crippen molar-refractivity contribution in [2.45, 2.75) is 111 Å². The van der Waals surface area contributed by atoms with Crippen LogP contribution in [0.2, 0.25) is 0 Å². The van der Waals surface area contributed by atoms with Crippen LogP contribution in [-0.2, 0) is 61.9 Å². The molecule has 0 aromatic rings. The summed E-state index contributed by atoms with van der Waals surface area (Å²) in [6, 6.07) is -1.66. The van der Waals surface area contributed by atoms with Crippen LogP contribution in [0.4, 0.5) is 4.79 Å². The second-order valence-electron chi connectivity index (χ2n) is 11.1. The molecule has 16 heteroatoms. The van der Waals surface area contributed by atoms with Gasteiger partial charge in [-0.25, -0.2) is 4.79 Å². The van der Waals surface area contributed by atoms with Crippen molar-refractivity contribution in [3.8, 4) is 0 Å². The molecule has 6 atom stereocenters. The van der Waals surface area contributed by atoms with Gasteiger partial charge in [-0.1, -0.05) is 0 Å². The van der Waals surface area contributed by atoms with E-state index in [1.165, 1.54) is 4.90 Å². The molecule has 2 heterocycles. The SMILES string of the molecule is CCOC(=O)CC1C(=O)N(C(C)(C)C)C(=O)N1CCCO[C@@H]1O[C@H](COC(C)=O)[C@@H](OC(C)=O)[C@H](OC(C)=O)[C@H]1OC(C)=O. The van der Waals surface area contributed by atoms with E-state index in [-0.39, 0.29) is 32.6 Å². The van der Waals surface area contributed by atoms with Crippen LogP contribution in [0.5, 0.6) is 0 Å². The largest absolute Gasteiger partial charge is 0.466 e. The average Bonchev–Trinajstić information content (AvgIpc) is 3.11. The fraction of sp³-hybridized carbons (Fsp3) is 0.750. The lowest BCUT2D eigenvalue weighted by molar-refractivity contribution is -0.308. The minimum atomic E-state index is -1.41.